The van der Waals surface area contributed by atoms with Gasteiger partial charge in [-0.25, -0.2) is 0 Å². The van der Waals surface area contributed by atoms with Crippen molar-refractivity contribution in [2.45, 2.75) is 110 Å². The quantitative estimate of drug-likeness (QED) is 0.186. The summed E-state index contributed by atoms with van der Waals surface area (Å²) in [5.41, 5.74) is 1.51. The van der Waals surface area contributed by atoms with Crippen molar-refractivity contribution in [2.24, 2.45) is 23.7 Å². The Morgan fingerprint density at radius 1 is 1.17 bits per heavy atom. The SMILES string of the molecule is C=CCC[C@H]1C(=C)C[C@@H]2[C@@H]1CC[C@H]2C=C[C@H](CCCCC)O[Si](C)(C)C(C)(C)C. The van der Waals surface area contributed by atoms with E-state index in [1.54, 1.807) is 0 Å². The van der Waals surface area contributed by atoms with E-state index in [4.69, 9.17) is 4.43 Å². The highest BCUT2D eigenvalue weighted by molar-refractivity contribution is 6.74. The molecule has 2 aliphatic carbocycles. The van der Waals surface area contributed by atoms with Crippen LogP contribution in [-0.2, 0) is 4.43 Å². The molecule has 0 radical (unpaired) electrons. The number of unbranched alkanes of at least 4 members (excludes halogenated alkanes) is 2. The molecule has 0 N–H and O–H groups in total. The zero-order chi connectivity index (χ0) is 21.7. The number of rotatable bonds is 11. The smallest absolute Gasteiger partial charge is 0.192 e. The fraction of sp³-hybridized carbons (Fsp3) is 0.778. The van der Waals surface area contributed by atoms with Crippen LogP contribution in [0.25, 0.3) is 0 Å². The molecule has 0 aliphatic heterocycles. The molecule has 0 aromatic rings. The van der Waals surface area contributed by atoms with Gasteiger partial charge in [0.15, 0.2) is 8.32 Å². The minimum absolute atomic E-state index is 0.268. The number of hydrogen-bond acceptors (Lipinski definition) is 1. The summed E-state index contributed by atoms with van der Waals surface area (Å²) >= 11 is 0. The summed E-state index contributed by atoms with van der Waals surface area (Å²) in [4.78, 5) is 0. The van der Waals surface area contributed by atoms with Crippen molar-refractivity contribution < 1.29 is 4.43 Å². The monoisotopic (exact) mass is 416 g/mol. The molecule has 0 saturated heterocycles. The topological polar surface area (TPSA) is 9.23 Å². The van der Waals surface area contributed by atoms with Crippen LogP contribution in [0, 0.1) is 23.7 Å². The lowest BCUT2D eigenvalue weighted by molar-refractivity contribution is 0.210. The van der Waals surface area contributed by atoms with Crippen LogP contribution in [-0.4, -0.2) is 14.4 Å². The molecule has 0 unspecified atom stereocenters. The zero-order valence-electron chi connectivity index (χ0n) is 20.3. The van der Waals surface area contributed by atoms with Gasteiger partial charge in [0, 0.05) is 0 Å². The van der Waals surface area contributed by atoms with Gasteiger partial charge in [-0.05, 0) is 80.3 Å². The molecule has 2 rings (SSSR count). The molecule has 5 atom stereocenters. The van der Waals surface area contributed by atoms with Crippen molar-refractivity contribution in [3.05, 3.63) is 37.0 Å². The van der Waals surface area contributed by atoms with Crippen molar-refractivity contribution in [2.75, 3.05) is 0 Å². The molecular weight excluding hydrogens is 368 g/mol. The van der Waals surface area contributed by atoms with E-state index in [1.807, 2.05) is 0 Å². The lowest BCUT2D eigenvalue weighted by Crippen LogP contribution is -2.43. The van der Waals surface area contributed by atoms with Gasteiger partial charge in [0.05, 0.1) is 6.10 Å². The average molecular weight is 417 g/mol. The number of fused-ring (bicyclic) bond motifs is 1. The van der Waals surface area contributed by atoms with Crippen molar-refractivity contribution in [3.63, 3.8) is 0 Å². The Labute approximate surface area is 183 Å². The highest BCUT2D eigenvalue weighted by Crippen LogP contribution is 2.54. The Kier molecular flexibility index (Phi) is 9.03. The minimum Gasteiger partial charge on any atom is -0.411 e. The second kappa shape index (κ2) is 10.6. The molecule has 2 aliphatic rings. The second-order valence-electron chi connectivity index (χ2n) is 11.2. The fourth-order valence-electron chi connectivity index (χ4n) is 5.26. The first-order valence-electron chi connectivity index (χ1n) is 12.3. The fourth-order valence-corrected chi connectivity index (χ4v) is 6.56. The summed E-state index contributed by atoms with van der Waals surface area (Å²) in [6.07, 6.45) is 18.8. The van der Waals surface area contributed by atoms with Gasteiger partial charge in [-0.3, -0.25) is 0 Å². The maximum absolute atomic E-state index is 6.84. The first-order valence-corrected chi connectivity index (χ1v) is 15.2. The molecular formula is C27H48OSi. The summed E-state index contributed by atoms with van der Waals surface area (Å²) in [5, 5.41) is 0.268. The van der Waals surface area contributed by atoms with Crippen LogP contribution >= 0.6 is 0 Å². The van der Waals surface area contributed by atoms with Crippen LogP contribution in [0.1, 0.15) is 85.5 Å². The third-order valence-corrected chi connectivity index (χ3v) is 12.6. The van der Waals surface area contributed by atoms with Gasteiger partial charge in [-0.15, -0.1) is 6.58 Å². The van der Waals surface area contributed by atoms with Gasteiger partial charge in [0.2, 0.25) is 0 Å². The Bertz CT molecular complexity index is 568. The predicted octanol–water partition coefficient (Wildman–Crippen LogP) is 8.70. The van der Waals surface area contributed by atoms with Crippen LogP contribution in [0.15, 0.2) is 37.0 Å². The molecule has 1 nitrogen and oxygen atoms in total. The van der Waals surface area contributed by atoms with Gasteiger partial charge in [-0.1, -0.05) is 77.3 Å². The Morgan fingerprint density at radius 2 is 1.90 bits per heavy atom. The third kappa shape index (κ3) is 6.44. The van der Waals surface area contributed by atoms with Gasteiger partial charge in [0.1, 0.15) is 0 Å². The van der Waals surface area contributed by atoms with E-state index < -0.39 is 8.32 Å². The maximum atomic E-state index is 6.84. The lowest BCUT2D eigenvalue weighted by Gasteiger charge is -2.38. The molecule has 0 bridgehead atoms. The van der Waals surface area contributed by atoms with Crippen LogP contribution < -0.4 is 0 Å². The molecule has 0 heterocycles. The average Bonchev–Trinajstić information content (AvgIpc) is 3.15. The van der Waals surface area contributed by atoms with E-state index >= 15 is 0 Å². The molecule has 0 spiro atoms. The first kappa shape index (κ1) is 24.7. The van der Waals surface area contributed by atoms with E-state index in [9.17, 15) is 0 Å². The molecule has 0 amide bonds. The summed E-state index contributed by atoms with van der Waals surface area (Å²) in [6, 6.07) is 0. The first-order chi connectivity index (χ1) is 13.6. The van der Waals surface area contributed by atoms with E-state index in [0.29, 0.717) is 6.10 Å². The van der Waals surface area contributed by atoms with Gasteiger partial charge in [0.25, 0.3) is 0 Å². The molecule has 2 fully saturated rings. The Morgan fingerprint density at radius 3 is 2.52 bits per heavy atom. The van der Waals surface area contributed by atoms with Gasteiger partial charge >= 0.3 is 0 Å². The minimum atomic E-state index is -1.74. The Balaban J connectivity index is 2.04. The van der Waals surface area contributed by atoms with Crippen molar-refractivity contribution in [1.82, 2.24) is 0 Å². The van der Waals surface area contributed by atoms with E-state index in [-0.39, 0.29) is 5.04 Å². The summed E-state index contributed by atoms with van der Waals surface area (Å²) in [7, 11) is -1.74. The van der Waals surface area contributed by atoms with E-state index in [1.165, 1.54) is 56.9 Å². The largest absolute Gasteiger partial charge is 0.411 e. The molecule has 2 heteroatoms. The van der Waals surface area contributed by atoms with Crippen LogP contribution in [0.4, 0.5) is 0 Å². The van der Waals surface area contributed by atoms with E-state index in [2.05, 4.69) is 72.2 Å². The Hall–Kier alpha value is -0.603. The van der Waals surface area contributed by atoms with Crippen LogP contribution in [0.5, 0.6) is 0 Å². The lowest BCUT2D eigenvalue weighted by atomic mass is 9.86. The van der Waals surface area contributed by atoms with Crippen molar-refractivity contribution in [3.8, 4) is 0 Å². The summed E-state index contributed by atoms with van der Waals surface area (Å²) in [6.45, 7) is 22.5. The molecule has 2 saturated carbocycles. The highest BCUT2D eigenvalue weighted by Gasteiger charge is 2.45. The molecule has 166 valence electrons. The summed E-state index contributed by atoms with van der Waals surface area (Å²) in [5.74, 6) is 3.14. The zero-order valence-corrected chi connectivity index (χ0v) is 21.3. The van der Waals surface area contributed by atoms with Gasteiger partial charge < -0.3 is 4.43 Å². The number of hydrogen-bond donors (Lipinski definition) is 0. The second-order valence-corrected chi connectivity index (χ2v) is 16.0. The van der Waals surface area contributed by atoms with Crippen LogP contribution in [0.2, 0.25) is 18.1 Å². The molecule has 29 heavy (non-hydrogen) atoms. The maximum Gasteiger partial charge on any atom is 0.192 e. The standard InChI is InChI=1S/C27H48OSi/c1-9-11-13-14-23(28-29(7,8)27(4,5)6)18-16-22-17-19-25-24(15-12-10-2)21(3)20-26(22)25/h10,16,18,22-26H,2-3,9,11-15,17,19-20H2,1,4-8H3/t22-,23+,24+,25-,26+/m1/s1. The number of allylic oxidation sites excluding steroid dienone is 3. The van der Waals surface area contributed by atoms with Gasteiger partial charge in [-0.2, -0.15) is 0 Å². The van der Waals surface area contributed by atoms with Crippen molar-refractivity contribution >= 4 is 8.32 Å². The van der Waals surface area contributed by atoms with E-state index in [0.717, 1.165) is 30.1 Å². The third-order valence-electron chi connectivity index (χ3n) is 8.07. The molecule has 0 aromatic carbocycles. The van der Waals surface area contributed by atoms with Crippen LogP contribution in [0.3, 0.4) is 0 Å². The molecule has 0 aromatic heterocycles. The van der Waals surface area contributed by atoms with Crippen molar-refractivity contribution in [1.29, 1.82) is 0 Å². The highest BCUT2D eigenvalue weighted by atomic mass is 28.4. The summed E-state index contributed by atoms with van der Waals surface area (Å²) < 4.78 is 6.84. The normalized spacial score (nSPS) is 28.8. The predicted molar refractivity (Wildman–Crippen MR) is 132 cm³/mol.